The molecule has 0 aromatic rings. The van der Waals surface area contributed by atoms with E-state index in [1.807, 2.05) is 27.7 Å². The van der Waals surface area contributed by atoms with Gasteiger partial charge in [0.15, 0.2) is 0 Å². The molecule has 0 aromatic heterocycles. The molecule has 0 aliphatic heterocycles. The molecule has 0 aliphatic carbocycles. The molecule has 0 spiro atoms. The first-order chi connectivity index (χ1) is 8.26. The molecule has 2 N–H and O–H groups in total. The number of rotatable bonds is 7. The second-order valence-corrected chi connectivity index (χ2v) is 5.51. The molecule has 0 aliphatic rings. The molecule has 1 unspecified atom stereocenters. The van der Waals surface area contributed by atoms with Crippen molar-refractivity contribution < 1.29 is 14.6 Å². The second kappa shape index (κ2) is 8.32. The third-order valence-corrected chi connectivity index (χ3v) is 2.37. The van der Waals surface area contributed by atoms with Gasteiger partial charge in [-0.1, -0.05) is 6.92 Å². The van der Waals surface area contributed by atoms with Crippen LogP contribution in [0.2, 0.25) is 0 Å². The van der Waals surface area contributed by atoms with Crippen LogP contribution < -0.4 is 5.32 Å². The van der Waals surface area contributed by atoms with E-state index in [1.54, 1.807) is 11.9 Å². The first-order valence-electron chi connectivity index (χ1n) is 6.59. The zero-order valence-corrected chi connectivity index (χ0v) is 12.3. The van der Waals surface area contributed by atoms with Gasteiger partial charge in [-0.2, -0.15) is 0 Å². The third-order valence-electron chi connectivity index (χ3n) is 2.37. The van der Waals surface area contributed by atoms with Crippen molar-refractivity contribution in [3.05, 3.63) is 0 Å². The summed E-state index contributed by atoms with van der Waals surface area (Å²) < 4.78 is 5.23. The number of nitrogens with zero attached hydrogens (tertiary/aromatic N) is 1. The molecule has 0 saturated heterocycles. The Kier molecular flexibility index (Phi) is 7.95. The number of ether oxygens (including phenoxy) is 1. The number of amides is 1. The van der Waals surface area contributed by atoms with Gasteiger partial charge in [-0.05, 0) is 40.2 Å². The maximum absolute atomic E-state index is 11.6. The summed E-state index contributed by atoms with van der Waals surface area (Å²) in [7, 11) is 1.71. The molecule has 1 amide bonds. The Morgan fingerprint density at radius 3 is 2.56 bits per heavy atom. The molecule has 0 fully saturated rings. The maximum Gasteiger partial charge on any atom is 0.410 e. The molecule has 0 aromatic carbocycles. The van der Waals surface area contributed by atoms with Crippen molar-refractivity contribution in [2.45, 2.75) is 52.2 Å². The minimum absolute atomic E-state index is 0.316. The van der Waals surface area contributed by atoms with Gasteiger partial charge in [-0.15, -0.1) is 0 Å². The van der Waals surface area contributed by atoms with E-state index in [-0.39, 0.29) is 12.2 Å². The van der Waals surface area contributed by atoms with Gasteiger partial charge in [-0.25, -0.2) is 4.79 Å². The highest BCUT2D eigenvalue weighted by molar-refractivity contribution is 5.67. The molecule has 0 saturated carbocycles. The molecule has 0 heterocycles. The lowest BCUT2D eigenvalue weighted by Gasteiger charge is -2.24. The Hall–Kier alpha value is -0.810. The summed E-state index contributed by atoms with van der Waals surface area (Å²) >= 11 is 0. The lowest BCUT2D eigenvalue weighted by Crippen LogP contribution is -2.35. The first-order valence-corrected chi connectivity index (χ1v) is 6.59. The van der Waals surface area contributed by atoms with Gasteiger partial charge in [0.05, 0.1) is 6.10 Å². The van der Waals surface area contributed by atoms with Gasteiger partial charge < -0.3 is 20.1 Å². The van der Waals surface area contributed by atoms with Gasteiger partial charge in [0, 0.05) is 20.1 Å². The van der Waals surface area contributed by atoms with Crippen molar-refractivity contribution in [1.82, 2.24) is 10.2 Å². The third kappa shape index (κ3) is 9.24. The van der Waals surface area contributed by atoms with E-state index in [2.05, 4.69) is 5.32 Å². The molecule has 0 rings (SSSR count). The highest BCUT2D eigenvalue weighted by Gasteiger charge is 2.19. The zero-order valence-electron chi connectivity index (χ0n) is 12.3. The van der Waals surface area contributed by atoms with Crippen LogP contribution in [0.15, 0.2) is 0 Å². The Balaban J connectivity index is 3.76. The SMILES string of the molecule is CCNCC(O)CCCN(C)C(=O)OC(C)(C)C. The molecule has 0 bridgehead atoms. The lowest BCUT2D eigenvalue weighted by atomic mass is 10.2. The second-order valence-electron chi connectivity index (χ2n) is 5.51. The van der Waals surface area contributed by atoms with Gasteiger partial charge in [-0.3, -0.25) is 0 Å². The van der Waals surface area contributed by atoms with Gasteiger partial charge in [0.1, 0.15) is 5.60 Å². The van der Waals surface area contributed by atoms with E-state index in [0.717, 1.165) is 13.0 Å². The Morgan fingerprint density at radius 2 is 2.06 bits per heavy atom. The zero-order chi connectivity index (χ0) is 14.2. The van der Waals surface area contributed by atoms with Crippen molar-refractivity contribution in [1.29, 1.82) is 0 Å². The largest absolute Gasteiger partial charge is 0.444 e. The molecule has 1 atom stereocenters. The van der Waals surface area contributed by atoms with Gasteiger partial charge in [0.2, 0.25) is 0 Å². The van der Waals surface area contributed by atoms with Crippen molar-refractivity contribution in [3.8, 4) is 0 Å². The predicted molar refractivity (Wildman–Crippen MR) is 72.6 cm³/mol. The number of hydrogen-bond acceptors (Lipinski definition) is 4. The molecular weight excluding hydrogens is 232 g/mol. The van der Waals surface area contributed by atoms with E-state index in [4.69, 9.17) is 4.74 Å². The standard InChI is InChI=1S/C13H28N2O3/c1-6-14-10-11(16)8-7-9-15(5)12(17)18-13(2,3)4/h11,14,16H,6-10H2,1-5H3. The van der Waals surface area contributed by atoms with Crippen LogP contribution in [-0.2, 0) is 4.74 Å². The lowest BCUT2D eigenvalue weighted by molar-refractivity contribution is 0.0289. The summed E-state index contributed by atoms with van der Waals surface area (Å²) in [5, 5.41) is 12.7. The molecule has 18 heavy (non-hydrogen) atoms. The highest BCUT2D eigenvalue weighted by Crippen LogP contribution is 2.09. The summed E-state index contributed by atoms with van der Waals surface area (Å²) in [5.41, 5.74) is -0.462. The van der Waals surface area contributed by atoms with E-state index in [0.29, 0.717) is 19.5 Å². The fraction of sp³-hybridized carbons (Fsp3) is 0.923. The average molecular weight is 260 g/mol. The van der Waals surface area contributed by atoms with Gasteiger partial charge >= 0.3 is 6.09 Å². The number of carbonyl (C=O) groups is 1. The number of carbonyl (C=O) groups excluding carboxylic acids is 1. The Morgan fingerprint density at radius 1 is 1.44 bits per heavy atom. The minimum Gasteiger partial charge on any atom is -0.444 e. The number of aliphatic hydroxyl groups is 1. The summed E-state index contributed by atoms with van der Waals surface area (Å²) in [5.74, 6) is 0. The van der Waals surface area contributed by atoms with Crippen LogP contribution in [0.1, 0.15) is 40.5 Å². The molecule has 5 nitrogen and oxygen atoms in total. The van der Waals surface area contributed by atoms with E-state index < -0.39 is 5.60 Å². The van der Waals surface area contributed by atoms with E-state index >= 15 is 0 Å². The highest BCUT2D eigenvalue weighted by atomic mass is 16.6. The van der Waals surface area contributed by atoms with Crippen molar-refractivity contribution in [2.24, 2.45) is 0 Å². The van der Waals surface area contributed by atoms with Crippen molar-refractivity contribution >= 4 is 6.09 Å². The van der Waals surface area contributed by atoms with Crippen LogP contribution in [-0.4, -0.2) is 54.5 Å². The number of aliphatic hydroxyl groups excluding tert-OH is 1. The van der Waals surface area contributed by atoms with E-state index in [9.17, 15) is 9.90 Å². The number of nitrogens with one attached hydrogen (secondary N) is 1. The summed E-state index contributed by atoms with van der Waals surface area (Å²) in [6, 6.07) is 0. The van der Waals surface area contributed by atoms with Crippen molar-refractivity contribution in [2.75, 3.05) is 26.7 Å². The Bertz CT molecular complexity index is 239. The topological polar surface area (TPSA) is 61.8 Å². The summed E-state index contributed by atoms with van der Waals surface area (Å²) in [6.07, 6.45) is 0.781. The smallest absolute Gasteiger partial charge is 0.410 e. The van der Waals surface area contributed by atoms with E-state index in [1.165, 1.54) is 0 Å². The number of likely N-dealkylation sites (N-methyl/N-ethyl adjacent to an activating group) is 1. The average Bonchev–Trinajstić information content (AvgIpc) is 2.23. The maximum atomic E-state index is 11.6. The fourth-order valence-corrected chi connectivity index (χ4v) is 1.41. The molecule has 5 heteroatoms. The molecular formula is C13H28N2O3. The first kappa shape index (κ1) is 17.2. The molecule has 108 valence electrons. The molecule has 0 radical (unpaired) electrons. The quantitative estimate of drug-likeness (QED) is 0.730. The van der Waals surface area contributed by atoms with Crippen LogP contribution in [0.5, 0.6) is 0 Å². The predicted octanol–water partition coefficient (Wildman–Crippen LogP) is 1.60. The summed E-state index contributed by atoms with van der Waals surface area (Å²) in [6.45, 7) is 9.60. The fourth-order valence-electron chi connectivity index (χ4n) is 1.41. The van der Waals surface area contributed by atoms with Crippen LogP contribution in [0.3, 0.4) is 0 Å². The van der Waals surface area contributed by atoms with Crippen LogP contribution >= 0.6 is 0 Å². The normalized spacial score (nSPS) is 13.2. The van der Waals surface area contributed by atoms with Gasteiger partial charge in [0.25, 0.3) is 0 Å². The number of hydrogen-bond donors (Lipinski definition) is 2. The van der Waals surface area contributed by atoms with Crippen LogP contribution in [0.4, 0.5) is 4.79 Å². The summed E-state index contributed by atoms with van der Waals surface area (Å²) in [4.78, 5) is 13.2. The Labute approximate surface area is 110 Å². The monoisotopic (exact) mass is 260 g/mol. The van der Waals surface area contributed by atoms with Crippen molar-refractivity contribution in [3.63, 3.8) is 0 Å². The van der Waals surface area contributed by atoms with Crippen LogP contribution in [0.25, 0.3) is 0 Å². The minimum atomic E-state index is -0.462. The van der Waals surface area contributed by atoms with Crippen LogP contribution in [0, 0.1) is 0 Å².